The predicted octanol–water partition coefficient (Wildman–Crippen LogP) is 0.503. The molecule has 0 aromatic carbocycles. The van der Waals surface area contributed by atoms with Crippen molar-refractivity contribution in [3.63, 3.8) is 0 Å². The number of fused-ring (bicyclic) bond motifs is 1. The van der Waals surface area contributed by atoms with Gasteiger partial charge in [0.25, 0.3) is 0 Å². The fourth-order valence-corrected chi connectivity index (χ4v) is 2.46. The summed E-state index contributed by atoms with van der Waals surface area (Å²) in [5.41, 5.74) is -0.571. The summed E-state index contributed by atoms with van der Waals surface area (Å²) in [6.07, 6.45) is -1.18. The Labute approximate surface area is 70.2 Å². The third-order valence-electron chi connectivity index (χ3n) is 3.01. The first-order valence-corrected chi connectivity index (χ1v) is 4.30. The second-order valence-corrected chi connectivity index (χ2v) is 3.89. The van der Waals surface area contributed by atoms with Crippen LogP contribution in [-0.4, -0.2) is 47.6 Å². The molecule has 4 heteroatoms. The summed E-state index contributed by atoms with van der Waals surface area (Å²) in [7, 11) is 0. The van der Waals surface area contributed by atoms with E-state index in [2.05, 4.69) is 0 Å². The largest absolute Gasteiger partial charge is 0.394 e. The van der Waals surface area contributed by atoms with Crippen LogP contribution in [0.25, 0.3) is 0 Å². The average molecular weight is 177 g/mol. The maximum atomic E-state index is 12.9. The molecule has 0 aliphatic carbocycles. The monoisotopic (exact) mass is 177 g/mol. The van der Waals surface area contributed by atoms with E-state index in [1.807, 2.05) is 0 Å². The molecule has 0 bridgehead atoms. The number of hydrogen-bond acceptors (Lipinski definition) is 2. The van der Waals surface area contributed by atoms with Crippen molar-refractivity contribution in [2.45, 2.75) is 30.7 Å². The van der Waals surface area contributed by atoms with Gasteiger partial charge in [-0.15, -0.1) is 0 Å². The van der Waals surface area contributed by atoms with Crippen LogP contribution in [0.3, 0.4) is 0 Å². The van der Waals surface area contributed by atoms with Crippen molar-refractivity contribution in [2.24, 2.45) is 0 Å². The molecule has 0 saturated carbocycles. The first-order valence-electron chi connectivity index (χ1n) is 4.30. The van der Waals surface area contributed by atoms with E-state index < -0.39 is 17.9 Å². The number of aliphatic hydroxyl groups excluding tert-OH is 1. The summed E-state index contributed by atoms with van der Waals surface area (Å²) in [5.74, 6) is 0. The zero-order valence-electron chi connectivity index (χ0n) is 6.84. The molecule has 2 heterocycles. The lowest BCUT2D eigenvalue weighted by molar-refractivity contribution is 0.0993. The molecule has 0 amide bonds. The van der Waals surface area contributed by atoms with E-state index in [1.54, 1.807) is 4.90 Å². The minimum absolute atomic E-state index is 0.117. The van der Waals surface area contributed by atoms with Crippen LogP contribution < -0.4 is 0 Å². The minimum atomic E-state index is -0.885. The standard InChI is InChI=1S/C8H13F2NO/c9-6-1-8(5-12)2-7(10)4-11(8)3-6/h6-7,12H,1-5H2. The summed E-state index contributed by atoms with van der Waals surface area (Å²) in [5, 5.41) is 9.09. The molecule has 2 aliphatic heterocycles. The molecule has 2 fully saturated rings. The molecular weight excluding hydrogens is 164 g/mol. The second kappa shape index (κ2) is 2.64. The number of hydrogen-bond donors (Lipinski definition) is 1. The number of halogens is 2. The third-order valence-corrected chi connectivity index (χ3v) is 3.01. The van der Waals surface area contributed by atoms with Gasteiger partial charge in [0.15, 0.2) is 0 Å². The van der Waals surface area contributed by atoms with Crippen molar-refractivity contribution < 1.29 is 13.9 Å². The van der Waals surface area contributed by atoms with Gasteiger partial charge in [0.2, 0.25) is 0 Å². The van der Waals surface area contributed by atoms with Crippen LogP contribution in [-0.2, 0) is 0 Å². The van der Waals surface area contributed by atoms with Crippen LogP contribution in [0.15, 0.2) is 0 Å². The molecule has 0 aromatic heterocycles. The predicted molar refractivity (Wildman–Crippen MR) is 40.4 cm³/mol. The highest BCUT2D eigenvalue weighted by Crippen LogP contribution is 2.40. The molecule has 2 unspecified atom stereocenters. The van der Waals surface area contributed by atoms with Crippen molar-refractivity contribution in [3.8, 4) is 0 Å². The highest BCUT2D eigenvalue weighted by molar-refractivity contribution is 5.06. The zero-order chi connectivity index (χ0) is 8.77. The van der Waals surface area contributed by atoms with Crippen molar-refractivity contribution in [3.05, 3.63) is 0 Å². The van der Waals surface area contributed by atoms with Crippen molar-refractivity contribution in [2.75, 3.05) is 19.7 Å². The molecule has 0 aromatic rings. The van der Waals surface area contributed by atoms with Crippen molar-refractivity contribution in [1.29, 1.82) is 0 Å². The lowest BCUT2D eigenvalue weighted by Crippen LogP contribution is -2.41. The Kier molecular flexibility index (Phi) is 1.84. The molecule has 70 valence electrons. The highest BCUT2D eigenvalue weighted by Gasteiger charge is 2.51. The van der Waals surface area contributed by atoms with E-state index in [-0.39, 0.29) is 6.61 Å². The van der Waals surface area contributed by atoms with Gasteiger partial charge in [-0.3, -0.25) is 4.90 Å². The zero-order valence-corrected chi connectivity index (χ0v) is 6.84. The molecule has 1 N–H and O–H groups in total. The van der Waals surface area contributed by atoms with E-state index >= 15 is 0 Å². The van der Waals surface area contributed by atoms with Crippen molar-refractivity contribution in [1.82, 2.24) is 4.90 Å². The van der Waals surface area contributed by atoms with Gasteiger partial charge < -0.3 is 5.11 Å². The van der Waals surface area contributed by atoms with E-state index in [1.165, 1.54) is 0 Å². The van der Waals surface area contributed by atoms with E-state index in [0.717, 1.165) is 0 Å². The third kappa shape index (κ3) is 1.05. The molecule has 2 nitrogen and oxygen atoms in total. The fraction of sp³-hybridized carbons (Fsp3) is 1.00. The van der Waals surface area contributed by atoms with Crippen LogP contribution in [0.4, 0.5) is 8.78 Å². The maximum Gasteiger partial charge on any atom is 0.115 e. The summed E-state index contributed by atoms with van der Waals surface area (Å²) >= 11 is 0. The maximum absolute atomic E-state index is 12.9. The van der Waals surface area contributed by atoms with Crippen LogP contribution in [0.2, 0.25) is 0 Å². The summed E-state index contributed by atoms with van der Waals surface area (Å²) in [6, 6.07) is 0. The molecular formula is C8H13F2NO. The molecule has 2 saturated heterocycles. The molecule has 2 rings (SSSR count). The lowest BCUT2D eigenvalue weighted by Gasteiger charge is -2.28. The second-order valence-electron chi connectivity index (χ2n) is 3.89. The van der Waals surface area contributed by atoms with Gasteiger partial charge in [-0.2, -0.15) is 0 Å². The molecule has 2 atom stereocenters. The first-order chi connectivity index (χ1) is 5.66. The molecule has 0 radical (unpaired) electrons. The number of aliphatic hydroxyl groups is 1. The van der Waals surface area contributed by atoms with Crippen LogP contribution in [0.1, 0.15) is 12.8 Å². The first kappa shape index (κ1) is 8.38. The average Bonchev–Trinajstić information content (AvgIpc) is 2.40. The van der Waals surface area contributed by atoms with E-state index in [9.17, 15) is 8.78 Å². The SMILES string of the molecule is OCC12CC(F)CN1CC(F)C2. The number of rotatable bonds is 1. The number of alkyl halides is 2. The van der Waals surface area contributed by atoms with Gasteiger partial charge in [-0.1, -0.05) is 0 Å². The van der Waals surface area contributed by atoms with Crippen LogP contribution in [0.5, 0.6) is 0 Å². The van der Waals surface area contributed by atoms with Gasteiger partial charge in [0, 0.05) is 31.5 Å². The normalized spacial score (nSPS) is 48.2. The van der Waals surface area contributed by atoms with Gasteiger partial charge in [0.05, 0.1) is 6.61 Å². The van der Waals surface area contributed by atoms with Crippen LogP contribution in [0, 0.1) is 0 Å². The highest BCUT2D eigenvalue weighted by atomic mass is 19.1. The number of nitrogens with zero attached hydrogens (tertiary/aromatic N) is 1. The Morgan fingerprint density at radius 2 is 1.75 bits per heavy atom. The molecule has 0 spiro atoms. The van der Waals surface area contributed by atoms with Crippen LogP contribution >= 0.6 is 0 Å². The smallest absolute Gasteiger partial charge is 0.115 e. The molecule has 12 heavy (non-hydrogen) atoms. The summed E-state index contributed by atoms with van der Waals surface area (Å²) in [6.45, 7) is 0.468. The fourth-order valence-electron chi connectivity index (χ4n) is 2.46. The lowest BCUT2D eigenvalue weighted by atomic mass is 9.94. The Morgan fingerprint density at radius 3 is 2.08 bits per heavy atom. The Morgan fingerprint density at radius 1 is 1.25 bits per heavy atom. The molecule has 2 aliphatic rings. The minimum Gasteiger partial charge on any atom is -0.394 e. The quantitative estimate of drug-likeness (QED) is 0.630. The van der Waals surface area contributed by atoms with Crippen molar-refractivity contribution >= 4 is 0 Å². The van der Waals surface area contributed by atoms with E-state index in [0.29, 0.717) is 25.9 Å². The van der Waals surface area contributed by atoms with E-state index in [4.69, 9.17) is 5.11 Å². The van der Waals surface area contributed by atoms with Gasteiger partial charge in [0.1, 0.15) is 12.3 Å². The Bertz CT molecular complexity index is 174. The topological polar surface area (TPSA) is 23.5 Å². The van der Waals surface area contributed by atoms with Gasteiger partial charge >= 0.3 is 0 Å². The van der Waals surface area contributed by atoms with Gasteiger partial charge in [-0.25, -0.2) is 8.78 Å². The summed E-state index contributed by atoms with van der Waals surface area (Å²) < 4.78 is 25.9. The Hall–Kier alpha value is -0.220. The Balaban J connectivity index is 2.16. The van der Waals surface area contributed by atoms with Gasteiger partial charge in [-0.05, 0) is 0 Å². The summed E-state index contributed by atoms with van der Waals surface area (Å²) in [4.78, 5) is 1.75.